The monoisotopic (exact) mass is 303 g/mol. The fourth-order valence-electron chi connectivity index (χ4n) is 2.78. The summed E-state index contributed by atoms with van der Waals surface area (Å²) in [5, 5.41) is 10.3. The van der Waals surface area contributed by atoms with Gasteiger partial charge in [-0.3, -0.25) is 0 Å². The van der Waals surface area contributed by atoms with Gasteiger partial charge in [-0.2, -0.15) is 0 Å². The zero-order chi connectivity index (χ0) is 15.8. The van der Waals surface area contributed by atoms with Crippen LogP contribution >= 0.6 is 7.80 Å². The van der Waals surface area contributed by atoms with Crippen molar-refractivity contribution in [3.05, 3.63) is 58.7 Å². The van der Waals surface area contributed by atoms with E-state index in [0.717, 1.165) is 16.7 Å². The molecule has 110 valence electrons. The second-order valence-corrected chi connectivity index (χ2v) is 7.43. The molecule has 0 amide bonds. The highest BCUT2D eigenvalue weighted by atomic mass is 31.1. The van der Waals surface area contributed by atoms with E-state index in [1.54, 1.807) is 31.2 Å². The molecule has 1 aromatic rings. The third-order valence-corrected chi connectivity index (χ3v) is 5.60. The average Bonchev–Trinajstić information content (AvgIpc) is 2.36. The standard InChI is InChI=1S/C17H20O3P/c1-11-9-12(2)15(13(3)10-11)16(18)21(20)14-7-5-6-8-17(14,4)19/h5-10,14,19H,1-4H3/q+1. The van der Waals surface area contributed by atoms with Crippen molar-refractivity contribution < 1.29 is 14.5 Å². The van der Waals surface area contributed by atoms with Crippen LogP contribution in [0.3, 0.4) is 0 Å². The summed E-state index contributed by atoms with van der Waals surface area (Å²) in [6.07, 6.45) is 6.65. The van der Waals surface area contributed by atoms with Gasteiger partial charge in [0.15, 0.2) is 0 Å². The lowest BCUT2D eigenvalue weighted by atomic mass is 9.97. The summed E-state index contributed by atoms with van der Waals surface area (Å²) in [4.78, 5) is 12.6. The van der Waals surface area contributed by atoms with Crippen LogP contribution in [0.4, 0.5) is 0 Å². The molecule has 1 aromatic carbocycles. The van der Waals surface area contributed by atoms with Gasteiger partial charge in [-0.25, -0.2) is 4.79 Å². The van der Waals surface area contributed by atoms with Gasteiger partial charge in [0.2, 0.25) is 5.66 Å². The van der Waals surface area contributed by atoms with Crippen molar-refractivity contribution in [2.75, 3.05) is 0 Å². The maximum atomic E-state index is 12.7. The van der Waals surface area contributed by atoms with Crippen LogP contribution in [-0.4, -0.2) is 21.9 Å². The Bertz CT molecular complexity index is 646. The molecular formula is C17H20O3P+. The van der Waals surface area contributed by atoms with E-state index in [0.29, 0.717) is 5.56 Å². The zero-order valence-electron chi connectivity index (χ0n) is 12.8. The van der Waals surface area contributed by atoms with E-state index >= 15 is 0 Å². The maximum absolute atomic E-state index is 12.7. The number of hydrogen-bond acceptors (Lipinski definition) is 3. The molecule has 3 atom stereocenters. The quantitative estimate of drug-likeness (QED) is 0.864. The minimum atomic E-state index is -2.24. The molecule has 2 rings (SSSR count). The molecule has 0 heterocycles. The van der Waals surface area contributed by atoms with Gasteiger partial charge < -0.3 is 5.11 Å². The lowest BCUT2D eigenvalue weighted by Gasteiger charge is -2.22. The Balaban J connectivity index is 2.39. The predicted molar refractivity (Wildman–Crippen MR) is 85.3 cm³/mol. The van der Waals surface area contributed by atoms with Gasteiger partial charge in [-0.15, -0.1) is 0 Å². The topological polar surface area (TPSA) is 54.4 Å². The SMILES string of the molecule is Cc1cc(C)c(C(=O)[P+](=O)C2C=CC=CC2(C)O)c(C)c1. The number of aliphatic hydroxyl groups is 1. The molecule has 1 aliphatic rings. The normalized spacial score (nSPS) is 25.0. The molecule has 0 bridgehead atoms. The van der Waals surface area contributed by atoms with E-state index in [1.165, 1.54) is 0 Å². The molecule has 1 N–H and O–H groups in total. The molecule has 0 fully saturated rings. The van der Waals surface area contributed by atoms with E-state index in [2.05, 4.69) is 0 Å². The molecular weight excluding hydrogens is 283 g/mol. The second kappa shape index (κ2) is 5.67. The van der Waals surface area contributed by atoms with Gasteiger partial charge in [-0.05, 0) is 51.0 Å². The van der Waals surface area contributed by atoms with Crippen molar-refractivity contribution in [1.29, 1.82) is 0 Å². The van der Waals surface area contributed by atoms with Gasteiger partial charge in [0.1, 0.15) is 5.60 Å². The van der Waals surface area contributed by atoms with Crippen LogP contribution in [0.25, 0.3) is 0 Å². The summed E-state index contributed by atoms with van der Waals surface area (Å²) in [6.45, 7) is 7.25. The minimum absolute atomic E-state index is 0.384. The Labute approximate surface area is 126 Å². The highest BCUT2D eigenvalue weighted by molar-refractivity contribution is 7.65. The van der Waals surface area contributed by atoms with Crippen molar-refractivity contribution >= 4 is 13.3 Å². The first-order chi connectivity index (χ1) is 9.74. The number of allylic oxidation sites excluding steroid dienone is 2. The summed E-state index contributed by atoms with van der Waals surface area (Å²) in [6, 6.07) is 3.83. The Morgan fingerprint density at radius 3 is 2.29 bits per heavy atom. The zero-order valence-corrected chi connectivity index (χ0v) is 13.6. The van der Waals surface area contributed by atoms with Crippen LogP contribution in [0.5, 0.6) is 0 Å². The minimum Gasteiger partial charge on any atom is -0.381 e. The Morgan fingerprint density at radius 2 is 1.76 bits per heavy atom. The lowest BCUT2D eigenvalue weighted by Crippen LogP contribution is -2.35. The highest BCUT2D eigenvalue weighted by Gasteiger charge is 2.49. The molecule has 0 radical (unpaired) electrons. The lowest BCUT2D eigenvalue weighted by molar-refractivity contribution is 0.103. The molecule has 4 heteroatoms. The smallest absolute Gasteiger partial charge is 0.381 e. The number of hydrogen-bond donors (Lipinski definition) is 1. The van der Waals surface area contributed by atoms with Crippen molar-refractivity contribution in [3.63, 3.8) is 0 Å². The molecule has 0 spiro atoms. The molecule has 0 saturated carbocycles. The molecule has 21 heavy (non-hydrogen) atoms. The first kappa shape index (κ1) is 15.8. The van der Waals surface area contributed by atoms with Crippen LogP contribution < -0.4 is 0 Å². The number of rotatable bonds is 3. The Kier molecular flexibility index (Phi) is 4.27. The van der Waals surface area contributed by atoms with Crippen LogP contribution in [0.15, 0.2) is 36.4 Å². The van der Waals surface area contributed by atoms with Gasteiger partial charge in [-0.1, -0.05) is 34.4 Å². The number of carbonyl (C=O) groups is 1. The summed E-state index contributed by atoms with van der Waals surface area (Å²) in [5.74, 6) is 0. The van der Waals surface area contributed by atoms with Gasteiger partial charge >= 0.3 is 13.3 Å². The molecule has 0 saturated heterocycles. The molecule has 1 aliphatic carbocycles. The highest BCUT2D eigenvalue weighted by Crippen LogP contribution is 2.42. The van der Waals surface area contributed by atoms with Crippen molar-refractivity contribution in [3.8, 4) is 0 Å². The van der Waals surface area contributed by atoms with Gasteiger partial charge in [0.05, 0.1) is 5.56 Å². The Hall–Kier alpha value is -1.57. The van der Waals surface area contributed by atoms with E-state index < -0.39 is 19.1 Å². The van der Waals surface area contributed by atoms with E-state index in [-0.39, 0.29) is 5.52 Å². The Morgan fingerprint density at radius 1 is 1.19 bits per heavy atom. The fraction of sp³-hybridized carbons (Fsp3) is 0.353. The van der Waals surface area contributed by atoms with E-state index in [4.69, 9.17) is 0 Å². The summed E-state index contributed by atoms with van der Waals surface area (Å²) in [5.41, 5.74) is 0.913. The number of carbonyl (C=O) groups excluding carboxylic acids is 1. The maximum Gasteiger partial charge on any atom is 0.430 e. The van der Waals surface area contributed by atoms with Crippen LogP contribution in [-0.2, 0) is 4.57 Å². The summed E-state index contributed by atoms with van der Waals surface area (Å²) >= 11 is 0. The first-order valence-corrected chi connectivity index (χ1v) is 8.24. The van der Waals surface area contributed by atoms with Crippen LogP contribution in [0, 0.1) is 20.8 Å². The molecule has 3 nitrogen and oxygen atoms in total. The van der Waals surface area contributed by atoms with Crippen molar-refractivity contribution in [1.82, 2.24) is 0 Å². The number of aryl methyl sites for hydroxylation is 3. The van der Waals surface area contributed by atoms with Gasteiger partial charge in [0, 0.05) is 0 Å². The third-order valence-electron chi connectivity index (χ3n) is 3.78. The second-order valence-electron chi connectivity index (χ2n) is 5.82. The molecule has 0 aliphatic heterocycles. The summed E-state index contributed by atoms with van der Waals surface area (Å²) < 4.78 is 12.7. The number of benzene rings is 1. The summed E-state index contributed by atoms with van der Waals surface area (Å²) in [7, 11) is -2.24. The van der Waals surface area contributed by atoms with E-state index in [9.17, 15) is 14.5 Å². The fourth-order valence-corrected chi connectivity index (χ4v) is 4.42. The average molecular weight is 303 g/mol. The van der Waals surface area contributed by atoms with Crippen molar-refractivity contribution in [2.24, 2.45) is 0 Å². The van der Waals surface area contributed by atoms with Crippen LogP contribution in [0.1, 0.15) is 34.0 Å². The van der Waals surface area contributed by atoms with Gasteiger partial charge in [0.25, 0.3) is 0 Å². The van der Waals surface area contributed by atoms with Crippen LogP contribution in [0.2, 0.25) is 0 Å². The van der Waals surface area contributed by atoms with Crippen molar-refractivity contribution in [2.45, 2.75) is 39.0 Å². The third kappa shape index (κ3) is 3.04. The predicted octanol–water partition coefficient (Wildman–Crippen LogP) is 3.83. The largest absolute Gasteiger partial charge is 0.430 e. The first-order valence-electron chi connectivity index (χ1n) is 6.91. The van der Waals surface area contributed by atoms with E-state index in [1.807, 2.05) is 32.9 Å². The molecule has 0 aromatic heterocycles. The molecule has 3 unspecified atom stereocenters.